The number of hydrogen-bond donors (Lipinski definition) is 2. The zero-order chi connectivity index (χ0) is 17.8. The second-order valence-corrected chi connectivity index (χ2v) is 7.07. The SMILES string of the molecule is Cc1cc(CNC(=O)[C@@H]2CS[C@@H](Cc3ccccc3F)C(=O)N2)on1. The summed E-state index contributed by atoms with van der Waals surface area (Å²) in [6, 6.07) is 7.52. The minimum absolute atomic E-state index is 0.218. The summed E-state index contributed by atoms with van der Waals surface area (Å²) in [5, 5.41) is 8.76. The number of amides is 2. The number of thioether (sulfide) groups is 1. The van der Waals surface area contributed by atoms with Crippen LogP contribution in [0.2, 0.25) is 0 Å². The number of aromatic nitrogens is 1. The Kier molecular flexibility index (Phi) is 5.37. The Balaban J connectivity index is 1.51. The van der Waals surface area contributed by atoms with Gasteiger partial charge in [-0.2, -0.15) is 0 Å². The molecule has 1 aromatic carbocycles. The van der Waals surface area contributed by atoms with Gasteiger partial charge in [0.25, 0.3) is 0 Å². The molecule has 0 radical (unpaired) electrons. The first-order chi connectivity index (χ1) is 12.0. The summed E-state index contributed by atoms with van der Waals surface area (Å²) < 4.78 is 18.7. The van der Waals surface area contributed by atoms with E-state index in [4.69, 9.17) is 4.52 Å². The standard InChI is InChI=1S/C17H18FN3O3S/c1-10-6-12(24-21-10)8-19-16(22)14-9-25-15(17(23)20-14)7-11-4-2-3-5-13(11)18/h2-6,14-15H,7-9H2,1H3,(H,19,22)(H,20,23)/t14-,15-/m0/s1. The Morgan fingerprint density at radius 3 is 2.96 bits per heavy atom. The molecule has 6 nitrogen and oxygen atoms in total. The molecule has 1 fully saturated rings. The third kappa shape index (κ3) is 4.39. The highest BCUT2D eigenvalue weighted by Crippen LogP contribution is 2.23. The van der Waals surface area contributed by atoms with Crippen molar-refractivity contribution >= 4 is 23.6 Å². The van der Waals surface area contributed by atoms with Gasteiger partial charge in [-0.15, -0.1) is 11.8 Å². The maximum Gasteiger partial charge on any atom is 0.243 e. The molecule has 2 N–H and O–H groups in total. The van der Waals surface area contributed by atoms with Gasteiger partial charge in [-0.1, -0.05) is 23.4 Å². The van der Waals surface area contributed by atoms with Crippen molar-refractivity contribution in [1.29, 1.82) is 0 Å². The van der Waals surface area contributed by atoms with Crippen molar-refractivity contribution in [3.63, 3.8) is 0 Å². The molecule has 25 heavy (non-hydrogen) atoms. The molecule has 8 heteroatoms. The van der Waals surface area contributed by atoms with Crippen molar-refractivity contribution in [2.75, 3.05) is 5.75 Å². The summed E-state index contributed by atoms with van der Waals surface area (Å²) in [4.78, 5) is 24.4. The number of carbonyl (C=O) groups excluding carboxylic acids is 2. The quantitative estimate of drug-likeness (QED) is 0.843. The van der Waals surface area contributed by atoms with Crippen LogP contribution in [-0.2, 0) is 22.6 Å². The summed E-state index contributed by atoms with van der Waals surface area (Å²) in [6.07, 6.45) is 0.300. The molecular weight excluding hydrogens is 345 g/mol. The van der Waals surface area contributed by atoms with Crippen LogP contribution in [0, 0.1) is 12.7 Å². The van der Waals surface area contributed by atoms with E-state index in [2.05, 4.69) is 15.8 Å². The van der Waals surface area contributed by atoms with Crippen LogP contribution >= 0.6 is 11.8 Å². The molecule has 2 amide bonds. The second-order valence-electron chi connectivity index (χ2n) is 5.83. The molecular formula is C17H18FN3O3S. The molecule has 1 aliphatic heterocycles. The second kappa shape index (κ2) is 7.69. The van der Waals surface area contributed by atoms with Gasteiger partial charge in [0.1, 0.15) is 11.9 Å². The van der Waals surface area contributed by atoms with Gasteiger partial charge in [-0.05, 0) is 25.0 Å². The summed E-state index contributed by atoms with van der Waals surface area (Å²) in [5.74, 6) is 0.136. The van der Waals surface area contributed by atoms with Crippen molar-refractivity contribution in [3.05, 3.63) is 53.2 Å². The van der Waals surface area contributed by atoms with Crippen molar-refractivity contribution in [2.24, 2.45) is 0 Å². The van der Waals surface area contributed by atoms with E-state index in [0.717, 1.165) is 5.69 Å². The first kappa shape index (κ1) is 17.5. The number of halogens is 1. The maximum absolute atomic E-state index is 13.7. The summed E-state index contributed by atoms with van der Waals surface area (Å²) in [5.41, 5.74) is 1.24. The highest BCUT2D eigenvalue weighted by atomic mass is 32.2. The minimum atomic E-state index is -0.613. The van der Waals surface area contributed by atoms with Gasteiger partial charge >= 0.3 is 0 Å². The molecule has 1 aliphatic rings. The van der Waals surface area contributed by atoms with Crippen LogP contribution in [0.1, 0.15) is 17.0 Å². The van der Waals surface area contributed by atoms with Gasteiger partial charge in [-0.3, -0.25) is 9.59 Å². The molecule has 0 spiro atoms. The van der Waals surface area contributed by atoms with Gasteiger partial charge in [0, 0.05) is 11.8 Å². The molecule has 132 valence electrons. The van der Waals surface area contributed by atoms with E-state index < -0.39 is 11.3 Å². The molecule has 2 atom stereocenters. The molecule has 1 aromatic heterocycles. The first-order valence-electron chi connectivity index (χ1n) is 7.88. The van der Waals surface area contributed by atoms with Crippen LogP contribution in [0.25, 0.3) is 0 Å². The normalized spacial score (nSPS) is 20.2. The fourth-order valence-electron chi connectivity index (χ4n) is 2.55. The van der Waals surface area contributed by atoms with E-state index in [0.29, 0.717) is 23.5 Å². The summed E-state index contributed by atoms with van der Waals surface area (Å²) >= 11 is 1.36. The Labute approximate surface area is 148 Å². The lowest BCUT2D eigenvalue weighted by atomic mass is 10.1. The number of hydrogen-bond acceptors (Lipinski definition) is 5. The van der Waals surface area contributed by atoms with E-state index in [9.17, 15) is 14.0 Å². The van der Waals surface area contributed by atoms with E-state index in [1.165, 1.54) is 17.8 Å². The topological polar surface area (TPSA) is 84.2 Å². The highest BCUT2D eigenvalue weighted by Gasteiger charge is 2.32. The van der Waals surface area contributed by atoms with Crippen LogP contribution in [0.4, 0.5) is 4.39 Å². The molecule has 0 saturated carbocycles. The molecule has 0 unspecified atom stereocenters. The van der Waals surface area contributed by atoms with Gasteiger partial charge in [0.05, 0.1) is 17.5 Å². The van der Waals surface area contributed by atoms with Crippen molar-refractivity contribution < 1.29 is 18.5 Å². The average Bonchev–Trinajstić information content (AvgIpc) is 3.02. The lowest BCUT2D eigenvalue weighted by Crippen LogP contribution is -2.54. The fraction of sp³-hybridized carbons (Fsp3) is 0.353. The van der Waals surface area contributed by atoms with Crippen LogP contribution in [0.15, 0.2) is 34.9 Å². The lowest BCUT2D eigenvalue weighted by molar-refractivity contribution is -0.128. The summed E-state index contributed by atoms with van der Waals surface area (Å²) in [7, 11) is 0. The molecule has 1 saturated heterocycles. The largest absolute Gasteiger partial charge is 0.359 e. The summed E-state index contributed by atoms with van der Waals surface area (Å²) in [6.45, 7) is 2.01. The number of carbonyl (C=O) groups is 2. The van der Waals surface area contributed by atoms with E-state index in [1.54, 1.807) is 31.2 Å². The van der Waals surface area contributed by atoms with Crippen molar-refractivity contribution in [2.45, 2.75) is 31.2 Å². The predicted molar refractivity (Wildman–Crippen MR) is 91.4 cm³/mol. The van der Waals surface area contributed by atoms with Crippen molar-refractivity contribution in [1.82, 2.24) is 15.8 Å². The molecule has 2 aromatic rings. The van der Waals surface area contributed by atoms with Crippen LogP contribution < -0.4 is 10.6 Å². The van der Waals surface area contributed by atoms with Gasteiger partial charge in [-0.25, -0.2) is 4.39 Å². The third-order valence-corrected chi connectivity index (χ3v) is 5.18. The zero-order valence-electron chi connectivity index (χ0n) is 13.6. The molecule has 3 rings (SSSR count). The predicted octanol–water partition coefficient (Wildman–Crippen LogP) is 1.58. The van der Waals surface area contributed by atoms with Gasteiger partial charge < -0.3 is 15.2 Å². The van der Waals surface area contributed by atoms with Crippen molar-refractivity contribution in [3.8, 4) is 0 Å². The lowest BCUT2D eigenvalue weighted by Gasteiger charge is -2.28. The Bertz CT molecular complexity index is 780. The molecule has 0 aliphatic carbocycles. The Morgan fingerprint density at radius 2 is 2.28 bits per heavy atom. The average molecular weight is 363 g/mol. The Hall–Kier alpha value is -2.35. The maximum atomic E-state index is 13.7. The monoisotopic (exact) mass is 363 g/mol. The smallest absolute Gasteiger partial charge is 0.243 e. The fourth-order valence-corrected chi connectivity index (χ4v) is 3.72. The number of rotatable bonds is 5. The van der Waals surface area contributed by atoms with E-state index in [1.807, 2.05) is 0 Å². The van der Waals surface area contributed by atoms with Crippen LogP contribution in [0.5, 0.6) is 0 Å². The molecule has 2 heterocycles. The molecule has 0 bridgehead atoms. The number of benzene rings is 1. The zero-order valence-corrected chi connectivity index (χ0v) is 14.4. The Morgan fingerprint density at radius 1 is 1.48 bits per heavy atom. The van der Waals surface area contributed by atoms with Gasteiger partial charge in [0.15, 0.2) is 5.76 Å². The first-order valence-corrected chi connectivity index (χ1v) is 8.93. The number of nitrogens with one attached hydrogen (secondary N) is 2. The van der Waals surface area contributed by atoms with Crippen LogP contribution in [0.3, 0.4) is 0 Å². The van der Waals surface area contributed by atoms with E-state index >= 15 is 0 Å². The number of aryl methyl sites for hydroxylation is 1. The number of nitrogens with zero attached hydrogens (tertiary/aromatic N) is 1. The minimum Gasteiger partial charge on any atom is -0.359 e. The highest BCUT2D eigenvalue weighted by molar-refractivity contribution is 8.00. The third-order valence-electron chi connectivity index (χ3n) is 3.87. The van der Waals surface area contributed by atoms with E-state index in [-0.39, 0.29) is 24.2 Å². The van der Waals surface area contributed by atoms with Crippen LogP contribution in [-0.4, -0.2) is 34.0 Å². The van der Waals surface area contributed by atoms with Gasteiger partial charge in [0.2, 0.25) is 11.8 Å².